The van der Waals surface area contributed by atoms with E-state index in [4.69, 9.17) is 9.47 Å². The highest BCUT2D eigenvalue weighted by Gasteiger charge is 2.23. The first-order chi connectivity index (χ1) is 12.6. The quantitative estimate of drug-likeness (QED) is 0.845. The van der Waals surface area contributed by atoms with Crippen molar-refractivity contribution in [2.45, 2.75) is 52.0 Å². The van der Waals surface area contributed by atoms with E-state index in [-0.39, 0.29) is 11.9 Å². The maximum Gasteiger partial charge on any atom is 0.275 e. The lowest BCUT2D eigenvalue weighted by atomic mass is 9.95. The first-order valence-corrected chi connectivity index (χ1v) is 10.2. The molecule has 0 radical (unpaired) electrons. The molecule has 1 atom stereocenters. The van der Waals surface area contributed by atoms with Crippen LogP contribution in [0.5, 0.6) is 11.5 Å². The summed E-state index contributed by atoms with van der Waals surface area (Å²) in [5.74, 6) is 2.03. The Morgan fingerprint density at radius 3 is 2.38 bits per heavy atom. The molecular weight excluding hydrogens is 328 g/mol. The largest absolute Gasteiger partial charge is 0.486 e. The summed E-state index contributed by atoms with van der Waals surface area (Å²) in [5, 5.41) is 3.27. The standard InChI is InChI=1S/C21H32N2O3/c1-16(2)21(17-8-9-18-19(14-17)26-13-12-25-18)22-20(24)15-23-10-6-4-3-5-7-11-23/h8-9,14,16,21H,3-7,10-13,15H2,1-2H3,(H,22,24)/p+1/t21-/m1/s1. The van der Waals surface area contributed by atoms with Gasteiger partial charge in [-0.1, -0.05) is 26.3 Å². The molecule has 0 aromatic heterocycles. The van der Waals surface area contributed by atoms with E-state index >= 15 is 0 Å². The molecule has 1 amide bonds. The van der Waals surface area contributed by atoms with E-state index in [0.29, 0.717) is 25.7 Å². The van der Waals surface area contributed by atoms with Gasteiger partial charge >= 0.3 is 0 Å². The highest BCUT2D eigenvalue weighted by Crippen LogP contribution is 2.34. The second-order valence-corrected chi connectivity index (χ2v) is 7.89. The average molecular weight is 362 g/mol. The lowest BCUT2D eigenvalue weighted by molar-refractivity contribution is -0.893. The minimum atomic E-state index is -0.00696. The van der Waals surface area contributed by atoms with Gasteiger partial charge in [0.25, 0.3) is 5.91 Å². The molecule has 2 aliphatic rings. The minimum Gasteiger partial charge on any atom is -0.486 e. The van der Waals surface area contributed by atoms with Crippen LogP contribution in [0.1, 0.15) is 57.6 Å². The molecule has 1 aromatic rings. The van der Waals surface area contributed by atoms with Gasteiger partial charge in [0, 0.05) is 0 Å². The maximum atomic E-state index is 12.7. The number of fused-ring (bicyclic) bond motifs is 1. The van der Waals surface area contributed by atoms with Gasteiger partial charge in [-0.15, -0.1) is 0 Å². The average Bonchev–Trinajstić information content (AvgIpc) is 2.61. The number of amides is 1. The van der Waals surface area contributed by atoms with Crippen molar-refractivity contribution in [2.24, 2.45) is 5.92 Å². The Hall–Kier alpha value is -1.75. The van der Waals surface area contributed by atoms with Crippen LogP contribution >= 0.6 is 0 Å². The zero-order chi connectivity index (χ0) is 18.4. The summed E-state index contributed by atoms with van der Waals surface area (Å²) in [6.45, 7) is 8.26. The van der Waals surface area contributed by atoms with Crippen molar-refractivity contribution in [1.82, 2.24) is 5.32 Å². The Kier molecular flexibility index (Phi) is 6.78. The lowest BCUT2D eigenvalue weighted by Gasteiger charge is -2.27. The Morgan fingerprint density at radius 1 is 1.04 bits per heavy atom. The van der Waals surface area contributed by atoms with E-state index in [2.05, 4.69) is 19.2 Å². The van der Waals surface area contributed by atoms with E-state index < -0.39 is 0 Å². The Morgan fingerprint density at radius 2 is 1.69 bits per heavy atom. The topological polar surface area (TPSA) is 52.0 Å². The van der Waals surface area contributed by atoms with Crippen LogP contribution in [-0.2, 0) is 4.79 Å². The van der Waals surface area contributed by atoms with Gasteiger partial charge in [0.05, 0.1) is 19.1 Å². The molecule has 0 unspecified atom stereocenters. The number of benzene rings is 1. The summed E-state index contributed by atoms with van der Waals surface area (Å²) in [5.41, 5.74) is 1.08. The van der Waals surface area contributed by atoms with Gasteiger partial charge in [-0.25, -0.2) is 0 Å². The van der Waals surface area contributed by atoms with E-state index in [9.17, 15) is 4.79 Å². The second-order valence-electron chi connectivity index (χ2n) is 7.89. The van der Waals surface area contributed by atoms with Crippen molar-refractivity contribution >= 4 is 5.91 Å². The van der Waals surface area contributed by atoms with Crippen LogP contribution in [0.15, 0.2) is 18.2 Å². The number of nitrogens with one attached hydrogen (secondary N) is 2. The number of hydrogen-bond donors (Lipinski definition) is 2. The van der Waals surface area contributed by atoms with Gasteiger partial charge in [-0.05, 0) is 49.3 Å². The van der Waals surface area contributed by atoms with Crippen LogP contribution < -0.4 is 19.7 Å². The SMILES string of the molecule is CC(C)[C@@H](NC(=O)C[NH+]1CCCCCCC1)c1ccc2c(c1)OCCO2. The van der Waals surface area contributed by atoms with Crippen LogP contribution in [0, 0.1) is 5.92 Å². The normalized spacial score (nSPS) is 19.5. The van der Waals surface area contributed by atoms with Gasteiger partial charge in [0.1, 0.15) is 13.2 Å². The monoisotopic (exact) mass is 361 g/mol. The number of carbonyl (C=O) groups excluding carboxylic acids is 1. The van der Waals surface area contributed by atoms with E-state index in [1.165, 1.54) is 37.0 Å². The van der Waals surface area contributed by atoms with Crippen LogP contribution in [0.25, 0.3) is 0 Å². The number of carbonyl (C=O) groups is 1. The highest BCUT2D eigenvalue weighted by molar-refractivity contribution is 5.77. The lowest BCUT2D eigenvalue weighted by Crippen LogP contribution is -3.13. The van der Waals surface area contributed by atoms with Gasteiger partial charge in [-0.3, -0.25) is 4.79 Å². The first-order valence-electron chi connectivity index (χ1n) is 10.2. The Labute approximate surface area is 157 Å². The molecule has 1 fully saturated rings. The predicted octanol–water partition coefficient (Wildman–Crippen LogP) is 2.12. The molecule has 2 aliphatic heterocycles. The fraction of sp³-hybridized carbons (Fsp3) is 0.667. The molecular formula is C21H33N2O3+. The van der Waals surface area contributed by atoms with Crippen molar-refractivity contribution in [2.75, 3.05) is 32.8 Å². The summed E-state index contributed by atoms with van der Waals surface area (Å²) < 4.78 is 11.3. The number of hydrogen-bond acceptors (Lipinski definition) is 3. The molecule has 0 saturated carbocycles. The van der Waals surface area contributed by atoms with Crippen molar-refractivity contribution in [1.29, 1.82) is 0 Å². The van der Waals surface area contributed by atoms with E-state index in [1.807, 2.05) is 18.2 Å². The molecule has 0 spiro atoms. The zero-order valence-electron chi connectivity index (χ0n) is 16.2. The summed E-state index contributed by atoms with van der Waals surface area (Å²) >= 11 is 0. The van der Waals surface area contributed by atoms with Crippen molar-refractivity contribution in [3.8, 4) is 11.5 Å². The molecule has 26 heavy (non-hydrogen) atoms. The van der Waals surface area contributed by atoms with Crippen LogP contribution in [-0.4, -0.2) is 38.8 Å². The van der Waals surface area contributed by atoms with Crippen molar-refractivity contribution in [3.63, 3.8) is 0 Å². The molecule has 5 nitrogen and oxygen atoms in total. The van der Waals surface area contributed by atoms with Gasteiger partial charge in [0.2, 0.25) is 0 Å². The molecule has 5 heteroatoms. The zero-order valence-corrected chi connectivity index (χ0v) is 16.2. The number of likely N-dealkylation sites (tertiary alicyclic amines) is 1. The first kappa shape index (κ1) is 19.0. The smallest absolute Gasteiger partial charge is 0.275 e. The number of rotatable bonds is 5. The summed E-state index contributed by atoms with van der Waals surface area (Å²) in [7, 11) is 0. The molecule has 0 bridgehead atoms. The molecule has 1 aromatic carbocycles. The molecule has 2 N–H and O–H groups in total. The predicted molar refractivity (Wildman–Crippen MR) is 102 cm³/mol. The molecule has 1 saturated heterocycles. The maximum absolute atomic E-state index is 12.7. The summed E-state index contributed by atoms with van der Waals surface area (Å²) in [6.07, 6.45) is 6.42. The van der Waals surface area contributed by atoms with E-state index in [1.54, 1.807) is 0 Å². The van der Waals surface area contributed by atoms with Crippen molar-refractivity contribution in [3.05, 3.63) is 23.8 Å². The highest BCUT2D eigenvalue weighted by atomic mass is 16.6. The fourth-order valence-electron chi connectivity index (χ4n) is 3.92. The molecule has 144 valence electrons. The van der Waals surface area contributed by atoms with Gasteiger partial charge in [0.15, 0.2) is 18.0 Å². The Balaban J connectivity index is 1.63. The third-order valence-corrected chi connectivity index (χ3v) is 5.38. The van der Waals surface area contributed by atoms with E-state index in [0.717, 1.165) is 30.2 Å². The molecule has 0 aliphatic carbocycles. The molecule has 2 heterocycles. The van der Waals surface area contributed by atoms with Gasteiger partial charge in [-0.2, -0.15) is 0 Å². The van der Waals surface area contributed by atoms with Crippen LogP contribution in [0.3, 0.4) is 0 Å². The third-order valence-electron chi connectivity index (χ3n) is 5.38. The molecule has 3 rings (SSSR count). The van der Waals surface area contributed by atoms with Gasteiger partial charge < -0.3 is 19.7 Å². The van der Waals surface area contributed by atoms with Crippen LogP contribution in [0.4, 0.5) is 0 Å². The summed E-state index contributed by atoms with van der Waals surface area (Å²) in [4.78, 5) is 14.1. The Bertz CT molecular complexity index is 595. The summed E-state index contributed by atoms with van der Waals surface area (Å²) in [6, 6.07) is 6.01. The second kappa shape index (κ2) is 9.26. The fourth-order valence-corrected chi connectivity index (χ4v) is 3.92. The van der Waals surface area contributed by atoms with Crippen molar-refractivity contribution < 1.29 is 19.2 Å². The number of quaternary nitrogens is 1. The third kappa shape index (κ3) is 5.13. The van der Waals surface area contributed by atoms with Crippen LogP contribution in [0.2, 0.25) is 0 Å². The number of ether oxygens (including phenoxy) is 2. The minimum absolute atomic E-state index is 0.00696.